The maximum absolute atomic E-state index is 12.2. The third kappa shape index (κ3) is 7.28. The molecule has 1 saturated heterocycles. The Morgan fingerprint density at radius 1 is 1.09 bits per heavy atom. The van der Waals surface area contributed by atoms with Crippen molar-refractivity contribution in [2.45, 2.75) is 33.2 Å². The van der Waals surface area contributed by atoms with E-state index in [9.17, 15) is 9.59 Å². The minimum atomic E-state index is -0.101. The van der Waals surface area contributed by atoms with E-state index in [-0.39, 0.29) is 30.4 Å². The van der Waals surface area contributed by atoms with Gasteiger partial charge in [0.1, 0.15) is 0 Å². The summed E-state index contributed by atoms with van der Waals surface area (Å²) < 4.78 is 5.37. The monoisotopic (exact) mass is 328 g/mol. The molecule has 1 heterocycles. The Balaban J connectivity index is 2.37. The fraction of sp³-hybridized carbons (Fsp3) is 0.875. The van der Waals surface area contributed by atoms with E-state index in [1.165, 1.54) is 0 Å². The van der Waals surface area contributed by atoms with E-state index in [0.717, 1.165) is 26.3 Å². The second-order valence-corrected chi connectivity index (χ2v) is 6.45. The van der Waals surface area contributed by atoms with Gasteiger partial charge in [-0.15, -0.1) is 0 Å². The van der Waals surface area contributed by atoms with Crippen molar-refractivity contribution in [2.75, 3.05) is 59.0 Å². The fourth-order valence-electron chi connectivity index (χ4n) is 2.59. The van der Waals surface area contributed by atoms with Crippen molar-refractivity contribution < 1.29 is 14.3 Å². The maximum atomic E-state index is 12.2. The largest absolute Gasteiger partial charge is 0.379 e. The van der Waals surface area contributed by atoms with E-state index in [1.807, 2.05) is 18.7 Å². The highest BCUT2D eigenvalue weighted by Gasteiger charge is 2.28. The van der Waals surface area contributed by atoms with Crippen molar-refractivity contribution in [1.29, 1.82) is 0 Å². The second kappa shape index (κ2) is 9.85. The zero-order chi connectivity index (χ0) is 17.3. The van der Waals surface area contributed by atoms with Gasteiger partial charge in [0.25, 0.3) is 0 Å². The Labute approximate surface area is 139 Å². The lowest BCUT2D eigenvalue weighted by molar-refractivity contribution is -0.125. The molecule has 0 saturated carbocycles. The van der Waals surface area contributed by atoms with E-state index in [0.29, 0.717) is 19.6 Å². The van der Waals surface area contributed by atoms with E-state index in [1.54, 1.807) is 0 Å². The third-order valence-corrected chi connectivity index (χ3v) is 4.14. The van der Waals surface area contributed by atoms with Crippen LogP contribution in [0.1, 0.15) is 27.7 Å². The number of nitrogens with zero attached hydrogens (tertiary/aromatic N) is 2. The van der Waals surface area contributed by atoms with Gasteiger partial charge in [-0.3, -0.25) is 19.4 Å². The normalized spacial score (nSPS) is 16.4. The summed E-state index contributed by atoms with van der Waals surface area (Å²) in [6.07, 6.45) is 0. The SMILES string of the molecule is CCNC(=O)CN(CC)CC(=O)NCC(C)(C)N1CCOCC1. The number of carbonyl (C=O) groups is 2. The Hall–Kier alpha value is -1.18. The lowest BCUT2D eigenvalue weighted by Crippen LogP contribution is -2.56. The van der Waals surface area contributed by atoms with Crippen molar-refractivity contribution >= 4 is 11.8 Å². The number of hydrogen-bond acceptors (Lipinski definition) is 5. The molecule has 0 unspecified atom stereocenters. The summed E-state index contributed by atoms with van der Waals surface area (Å²) in [5, 5.41) is 5.75. The molecule has 7 nitrogen and oxygen atoms in total. The summed E-state index contributed by atoms with van der Waals surface area (Å²) in [6.45, 7) is 13.7. The first-order chi connectivity index (χ1) is 10.9. The van der Waals surface area contributed by atoms with Crippen LogP contribution < -0.4 is 10.6 Å². The van der Waals surface area contributed by atoms with Crippen molar-refractivity contribution in [3.05, 3.63) is 0 Å². The van der Waals surface area contributed by atoms with Crippen molar-refractivity contribution in [2.24, 2.45) is 0 Å². The lowest BCUT2D eigenvalue weighted by Gasteiger charge is -2.41. The molecule has 1 aliphatic heterocycles. The summed E-state index contributed by atoms with van der Waals surface area (Å²) in [4.78, 5) is 27.9. The first-order valence-corrected chi connectivity index (χ1v) is 8.47. The van der Waals surface area contributed by atoms with Gasteiger partial charge in [0.15, 0.2) is 0 Å². The summed E-state index contributed by atoms with van der Waals surface area (Å²) in [7, 11) is 0. The molecule has 0 aromatic rings. The smallest absolute Gasteiger partial charge is 0.234 e. The zero-order valence-electron chi connectivity index (χ0n) is 15.0. The Morgan fingerprint density at radius 2 is 1.65 bits per heavy atom. The summed E-state index contributed by atoms with van der Waals surface area (Å²) in [5.41, 5.74) is -0.101. The molecule has 7 heteroatoms. The highest BCUT2D eigenvalue weighted by molar-refractivity contribution is 5.81. The first kappa shape index (κ1) is 19.9. The van der Waals surface area contributed by atoms with Crippen LogP contribution in [0.25, 0.3) is 0 Å². The summed E-state index contributed by atoms with van der Waals surface area (Å²) in [5.74, 6) is -0.0896. The molecular weight excluding hydrogens is 296 g/mol. The van der Waals surface area contributed by atoms with Crippen LogP contribution in [0.15, 0.2) is 0 Å². The fourth-order valence-corrected chi connectivity index (χ4v) is 2.59. The number of hydrogen-bond donors (Lipinski definition) is 2. The van der Waals surface area contributed by atoms with E-state index in [2.05, 4.69) is 29.4 Å². The molecule has 0 aromatic carbocycles. The van der Waals surface area contributed by atoms with Gasteiger partial charge in [0.05, 0.1) is 26.3 Å². The van der Waals surface area contributed by atoms with Gasteiger partial charge in [-0.25, -0.2) is 0 Å². The highest BCUT2D eigenvalue weighted by Crippen LogP contribution is 2.14. The minimum absolute atomic E-state index is 0.0440. The van der Waals surface area contributed by atoms with Crippen LogP contribution in [0.4, 0.5) is 0 Å². The van der Waals surface area contributed by atoms with Gasteiger partial charge in [-0.2, -0.15) is 0 Å². The number of morpholine rings is 1. The molecule has 0 aromatic heterocycles. The topological polar surface area (TPSA) is 73.9 Å². The number of carbonyl (C=O) groups excluding carboxylic acids is 2. The molecule has 0 radical (unpaired) electrons. The van der Waals surface area contributed by atoms with Crippen LogP contribution in [-0.4, -0.2) is 86.2 Å². The van der Waals surface area contributed by atoms with Crippen LogP contribution in [0, 0.1) is 0 Å². The molecule has 0 bridgehead atoms. The van der Waals surface area contributed by atoms with Crippen LogP contribution in [-0.2, 0) is 14.3 Å². The molecule has 1 fully saturated rings. The average molecular weight is 328 g/mol. The van der Waals surface area contributed by atoms with E-state index in [4.69, 9.17) is 4.74 Å². The number of amides is 2. The molecule has 2 N–H and O–H groups in total. The third-order valence-electron chi connectivity index (χ3n) is 4.14. The number of likely N-dealkylation sites (N-methyl/N-ethyl adjacent to an activating group) is 2. The highest BCUT2D eigenvalue weighted by atomic mass is 16.5. The molecule has 1 rings (SSSR count). The van der Waals surface area contributed by atoms with Gasteiger partial charge in [-0.1, -0.05) is 6.92 Å². The van der Waals surface area contributed by atoms with Crippen LogP contribution >= 0.6 is 0 Å². The molecule has 0 spiro atoms. The molecule has 134 valence electrons. The quantitative estimate of drug-likeness (QED) is 0.606. The number of nitrogens with one attached hydrogen (secondary N) is 2. The molecular formula is C16H32N4O3. The molecule has 23 heavy (non-hydrogen) atoms. The minimum Gasteiger partial charge on any atom is -0.379 e. The number of rotatable bonds is 9. The number of ether oxygens (including phenoxy) is 1. The van der Waals surface area contributed by atoms with Gasteiger partial charge < -0.3 is 15.4 Å². The first-order valence-electron chi connectivity index (χ1n) is 8.47. The molecule has 2 amide bonds. The summed E-state index contributed by atoms with van der Waals surface area (Å²) in [6, 6.07) is 0. The van der Waals surface area contributed by atoms with Crippen molar-refractivity contribution in [3.63, 3.8) is 0 Å². The van der Waals surface area contributed by atoms with Gasteiger partial charge in [0.2, 0.25) is 11.8 Å². The average Bonchev–Trinajstić information content (AvgIpc) is 2.53. The molecule has 0 aliphatic carbocycles. The van der Waals surface area contributed by atoms with Gasteiger partial charge >= 0.3 is 0 Å². The van der Waals surface area contributed by atoms with Crippen LogP contribution in [0.2, 0.25) is 0 Å². The molecule has 1 aliphatic rings. The maximum Gasteiger partial charge on any atom is 0.234 e. The zero-order valence-corrected chi connectivity index (χ0v) is 15.0. The Kier molecular flexibility index (Phi) is 8.51. The van der Waals surface area contributed by atoms with Gasteiger partial charge in [0, 0.05) is 31.7 Å². The predicted octanol–water partition coefficient (Wildman–Crippen LogP) is -0.329. The van der Waals surface area contributed by atoms with Gasteiger partial charge in [-0.05, 0) is 27.3 Å². The van der Waals surface area contributed by atoms with E-state index >= 15 is 0 Å². The van der Waals surface area contributed by atoms with Crippen LogP contribution in [0.3, 0.4) is 0 Å². The van der Waals surface area contributed by atoms with Crippen molar-refractivity contribution in [1.82, 2.24) is 20.4 Å². The summed E-state index contributed by atoms with van der Waals surface area (Å²) >= 11 is 0. The Bertz CT molecular complexity index is 382. The lowest BCUT2D eigenvalue weighted by atomic mass is 10.0. The molecule has 0 atom stereocenters. The second-order valence-electron chi connectivity index (χ2n) is 6.45. The van der Waals surface area contributed by atoms with E-state index < -0.39 is 0 Å². The Morgan fingerprint density at radius 3 is 2.17 bits per heavy atom. The van der Waals surface area contributed by atoms with Crippen LogP contribution in [0.5, 0.6) is 0 Å². The predicted molar refractivity (Wildman–Crippen MR) is 90.3 cm³/mol. The standard InChI is InChI=1S/C16H32N4O3/c1-5-17-14(21)11-19(6-2)12-15(22)18-13-16(3,4)20-7-9-23-10-8-20/h5-13H2,1-4H3,(H,17,21)(H,18,22). The van der Waals surface area contributed by atoms with Crippen molar-refractivity contribution in [3.8, 4) is 0 Å².